The number of ether oxygens (including phenoxy) is 1. The molecule has 0 bridgehead atoms. The minimum Gasteiger partial charge on any atom is -0.465 e. The Morgan fingerprint density at radius 2 is 2.53 bits per heavy atom. The van der Waals surface area contributed by atoms with Gasteiger partial charge in [-0.15, -0.1) is 0 Å². The molecule has 2 heterocycles. The number of aliphatic imine (C=N–C) groups is 1. The van der Waals surface area contributed by atoms with E-state index >= 15 is 0 Å². The van der Waals surface area contributed by atoms with Crippen LogP contribution in [0.4, 0.5) is 0 Å². The third kappa shape index (κ3) is 2.11. The highest BCUT2D eigenvalue weighted by Crippen LogP contribution is 2.21. The second-order valence-electron chi connectivity index (χ2n) is 3.29. The van der Waals surface area contributed by atoms with E-state index in [4.69, 9.17) is 16.3 Å². The molecule has 2 atom stereocenters. The van der Waals surface area contributed by atoms with Gasteiger partial charge in [0.05, 0.1) is 12.6 Å². The molecular weight excluding hydrogens is 216 g/mol. The van der Waals surface area contributed by atoms with E-state index in [0.29, 0.717) is 11.8 Å². The van der Waals surface area contributed by atoms with E-state index < -0.39 is 6.04 Å². The Morgan fingerprint density at radius 3 is 3.27 bits per heavy atom. The fraction of sp³-hybridized carbons (Fsp3) is 0.400. The fourth-order valence-electron chi connectivity index (χ4n) is 1.59. The van der Waals surface area contributed by atoms with Crippen LogP contribution >= 0.6 is 11.6 Å². The zero-order valence-corrected chi connectivity index (χ0v) is 8.99. The van der Waals surface area contributed by atoms with E-state index in [1.54, 1.807) is 19.2 Å². The number of halogens is 1. The summed E-state index contributed by atoms with van der Waals surface area (Å²) < 4.78 is 4.91. The van der Waals surface area contributed by atoms with Crippen LogP contribution in [0.15, 0.2) is 27.9 Å². The van der Waals surface area contributed by atoms with Gasteiger partial charge in [0.25, 0.3) is 0 Å². The largest absolute Gasteiger partial charge is 0.465 e. The number of carbonyl (C=O) groups excluding carboxylic acids is 1. The molecule has 0 saturated carbocycles. The zero-order valence-electron chi connectivity index (χ0n) is 8.24. The lowest BCUT2D eigenvalue weighted by molar-refractivity contribution is -0.144. The predicted octanol–water partition coefficient (Wildman–Crippen LogP) is 0.981. The van der Waals surface area contributed by atoms with Crippen molar-refractivity contribution in [3.8, 4) is 0 Å². The van der Waals surface area contributed by atoms with Crippen molar-refractivity contribution < 1.29 is 9.53 Å². The number of esters is 1. The number of hydrogen-bond donors (Lipinski definition) is 1. The molecule has 0 aromatic heterocycles. The van der Waals surface area contributed by atoms with E-state index in [9.17, 15) is 4.79 Å². The van der Waals surface area contributed by atoms with Crippen molar-refractivity contribution in [2.75, 3.05) is 6.61 Å². The van der Waals surface area contributed by atoms with Gasteiger partial charge in [0.2, 0.25) is 0 Å². The summed E-state index contributed by atoms with van der Waals surface area (Å²) in [6.07, 6.45) is 5.25. The van der Waals surface area contributed by atoms with Crippen molar-refractivity contribution in [2.24, 2.45) is 4.99 Å². The third-order valence-electron chi connectivity index (χ3n) is 2.25. The van der Waals surface area contributed by atoms with Crippen molar-refractivity contribution in [3.63, 3.8) is 0 Å². The maximum absolute atomic E-state index is 11.4. The highest BCUT2D eigenvalue weighted by Gasteiger charge is 2.30. The van der Waals surface area contributed by atoms with Gasteiger partial charge in [-0.2, -0.15) is 0 Å². The van der Waals surface area contributed by atoms with Crippen molar-refractivity contribution in [1.82, 2.24) is 5.32 Å². The van der Waals surface area contributed by atoms with Crippen LogP contribution in [-0.4, -0.2) is 30.9 Å². The summed E-state index contributed by atoms with van der Waals surface area (Å²) in [6.45, 7) is 2.17. The zero-order chi connectivity index (χ0) is 10.8. The smallest absolute Gasteiger partial charge is 0.327 e. The summed E-state index contributed by atoms with van der Waals surface area (Å²) >= 11 is 5.75. The van der Waals surface area contributed by atoms with Crippen LogP contribution < -0.4 is 5.32 Å². The number of nitrogens with one attached hydrogen (secondary N) is 1. The maximum Gasteiger partial charge on any atom is 0.327 e. The van der Waals surface area contributed by atoms with Crippen LogP contribution in [0.2, 0.25) is 0 Å². The molecule has 2 aliphatic heterocycles. The van der Waals surface area contributed by atoms with E-state index in [1.807, 2.05) is 6.08 Å². The molecule has 0 fully saturated rings. The van der Waals surface area contributed by atoms with Gasteiger partial charge in [0.15, 0.2) is 0 Å². The molecule has 80 valence electrons. The SMILES string of the molecule is CCOC(=O)C1C=C2C=C(Cl)N=CC2N1. The first-order chi connectivity index (χ1) is 7.20. The van der Waals surface area contributed by atoms with Gasteiger partial charge in [-0.3, -0.25) is 10.1 Å². The Hall–Kier alpha value is -1.13. The van der Waals surface area contributed by atoms with Crippen LogP contribution in [-0.2, 0) is 9.53 Å². The van der Waals surface area contributed by atoms with Gasteiger partial charge in [-0.25, -0.2) is 4.99 Å². The van der Waals surface area contributed by atoms with Crippen LogP contribution in [0.5, 0.6) is 0 Å². The van der Waals surface area contributed by atoms with E-state index in [1.165, 1.54) is 0 Å². The van der Waals surface area contributed by atoms with E-state index in [-0.39, 0.29) is 12.0 Å². The molecule has 0 spiro atoms. The molecule has 0 aliphatic carbocycles. The minimum absolute atomic E-state index is 0.0260. The van der Waals surface area contributed by atoms with E-state index in [0.717, 1.165) is 5.57 Å². The Labute approximate surface area is 92.7 Å². The molecule has 2 aliphatic rings. The molecular formula is C10H11ClN2O2. The van der Waals surface area contributed by atoms with Gasteiger partial charge in [0.1, 0.15) is 11.2 Å². The first-order valence-electron chi connectivity index (χ1n) is 4.76. The predicted molar refractivity (Wildman–Crippen MR) is 57.9 cm³/mol. The Bertz CT molecular complexity index is 374. The normalized spacial score (nSPS) is 28.1. The third-order valence-corrected chi connectivity index (χ3v) is 2.46. The molecule has 4 nitrogen and oxygen atoms in total. The molecule has 2 unspecified atom stereocenters. The van der Waals surface area contributed by atoms with Crippen molar-refractivity contribution in [3.05, 3.63) is 22.9 Å². The van der Waals surface area contributed by atoms with Crippen LogP contribution in [0.1, 0.15) is 6.92 Å². The molecule has 0 aromatic carbocycles. The molecule has 15 heavy (non-hydrogen) atoms. The van der Waals surface area contributed by atoms with Gasteiger partial charge in [-0.1, -0.05) is 17.7 Å². The number of carbonyl (C=O) groups is 1. The Morgan fingerprint density at radius 1 is 1.73 bits per heavy atom. The van der Waals surface area contributed by atoms with Gasteiger partial charge in [0, 0.05) is 6.21 Å². The number of rotatable bonds is 2. The first-order valence-corrected chi connectivity index (χ1v) is 5.14. The van der Waals surface area contributed by atoms with Crippen LogP contribution in [0.3, 0.4) is 0 Å². The maximum atomic E-state index is 11.4. The van der Waals surface area contributed by atoms with Gasteiger partial charge in [-0.05, 0) is 18.6 Å². The minimum atomic E-state index is -0.393. The van der Waals surface area contributed by atoms with Crippen molar-refractivity contribution >= 4 is 23.8 Å². The molecule has 0 amide bonds. The second kappa shape index (κ2) is 4.16. The quantitative estimate of drug-likeness (QED) is 0.564. The van der Waals surface area contributed by atoms with Crippen molar-refractivity contribution in [1.29, 1.82) is 0 Å². The van der Waals surface area contributed by atoms with Crippen LogP contribution in [0, 0.1) is 0 Å². The highest BCUT2D eigenvalue weighted by atomic mass is 35.5. The first kappa shape index (κ1) is 10.4. The van der Waals surface area contributed by atoms with Gasteiger partial charge >= 0.3 is 5.97 Å². The summed E-state index contributed by atoms with van der Waals surface area (Å²) in [7, 11) is 0. The molecule has 0 saturated heterocycles. The topological polar surface area (TPSA) is 50.7 Å². The number of fused-ring (bicyclic) bond motifs is 1. The lowest BCUT2D eigenvalue weighted by Gasteiger charge is -2.13. The standard InChI is InChI=1S/C10H11ClN2O2/c1-2-15-10(14)7-3-6-4-9(11)12-5-8(6)13-7/h3-5,7-8,13H,2H2,1H3. The lowest BCUT2D eigenvalue weighted by Crippen LogP contribution is -2.39. The van der Waals surface area contributed by atoms with Gasteiger partial charge < -0.3 is 4.74 Å². The average Bonchev–Trinajstić information content (AvgIpc) is 2.60. The van der Waals surface area contributed by atoms with E-state index in [2.05, 4.69) is 10.3 Å². The second-order valence-corrected chi connectivity index (χ2v) is 3.67. The number of hydrogen-bond acceptors (Lipinski definition) is 4. The van der Waals surface area contributed by atoms with Crippen molar-refractivity contribution in [2.45, 2.75) is 19.0 Å². The summed E-state index contributed by atoms with van der Waals surface area (Å²) in [5, 5.41) is 3.51. The average molecular weight is 227 g/mol. The molecule has 5 heteroatoms. The fourth-order valence-corrected chi connectivity index (χ4v) is 1.77. The highest BCUT2D eigenvalue weighted by molar-refractivity contribution is 6.30. The monoisotopic (exact) mass is 226 g/mol. The number of nitrogens with zero attached hydrogens (tertiary/aromatic N) is 1. The molecule has 1 N–H and O–H groups in total. The summed E-state index contributed by atoms with van der Waals surface area (Å²) in [6, 6.07) is -0.419. The lowest BCUT2D eigenvalue weighted by atomic mass is 10.1. The summed E-state index contributed by atoms with van der Waals surface area (Å²) in [4.78, 5) is 15.4. The summed E-state index contributed by atoms with van der Waals surface area (Å²) in [5.74, 6) is -0.266. The Kier molecular flexibility index (Phi) is 2.88. The Balaban J connectivity index is 2.11. The molecule has 0 aromatic rings. The molecule has 2 rings (SSSR count). The summed E-state index contributed by atoms with van der Waals surface area (Å²) in [5.41, 5.74) is 0.966. The van der Waals surface area contributed by atoms with Crippen LogP contribution in [0.25, 0.3) is 0 Å². The molecule has 0 radical (unpaired) electrons.